The van der Waals surface area contributed by atoms with Gasteiger partial charge in [-0.2, -0.15) is 0 Å². The maximum absolute atomic E-state index is 9.86. The van der Waals surface area contributed by atoms with Gasteiger partial charge in [-0.15, -0.1) is 6.58 Å². The van der Waals surface area contributed by atoms with Crippen LogP contribution in [0.15, 0.2) is 36.9 Å². The number of likely N-dealkylation sites (N-methyl/N-ethyl adjacent to an activating group) is 1. The van der Waals surface area contributed by atoms with Crippen molar-refractivity contribution in [2.24, 2.45) is 0 Å². The number of hydrogen-bond acceptors (Lipinski definition) is 4. The molecule has 19 heavy (non-hydrogen) atoms. The number of nitrogens with zero attached hydrogens (tertiary/aromatic N) is 1. The molecule has 0 aliphatic carbocycles. The molecule has 0 fully saturated rings. The minimum absolute atomic E-state index is 0.0895. The Bertz CT molecular complexity index is 381. The fourth-order valence-electron chi connectivity index (χ4n) is 1.83. The summed E-state index contributed by atoms with van der Waals surface area (Å²) in [4.78, 5) is 1.86. The highest BCUT2D eigenvalue weighted by molar-refractivity contribution is 5.34. The van der Waals surface area contributed by atoms with Crippen molar-refractivity contribution < 1.29 is 14.9 Å². The van der Waals surface area contributed by atoms with E-state index in [9.17, 15) is 5.11 Å². The van der Waals surface area contributed by atoms with Crippen LogP contribution in [0.2, 0.25) is 0 Å². The third-order valence-electron chi connectivity index (χ3n) is 2.77. The van der Waals surface area contributed by atoms with Crippen molar-refractivity contribution in [2.45, 2.75) is 12.5 Å². The summed E-state index contributed by atoms with van der Waals surface area (Å²) in [6, 6.07) is 7.74. The molecule has 4 nitrogen and oxygen atoms in total. The van der Waals surface area contributed by atoms with Crippen LogP contribution in [0.3, 0.4) is 0 Å². The lowest BCUT2D eigenvalue weighted by molar-refractivity contribution is 0.0708. The molecule has 106 valence electrons. The van der Waals surface area contributed by atoms with Gasteiger partial charge in [0.1, 0.15) is 18.5 Å². The quantitative estimate of drug-likeness (QED) is 0.656. The van der Waals surface area contributed by atoms with Gasteiger partial charge in [-0.1, -0.05) is 24.3 Å². The highest BCUT2D eigenvalue weighted by Gasteiger charge is 2.10. The number of allylic oxidation sites excluding steroid dienone is 1. The van der Waals surface area contributed by atoms with E-state index in [0.29, 0.717) is 13.1 Å². The molecule has 1 unspecified atom stereocenters. The SMILES string of the molecule is C=CCc1ccccc1OCC(O)CN(C)CCO. The summed E-state index contributed by atoms with van der Waals surface area (Å²) >= 11 is 0. The molecule has 0 bridgehead atoms. The first kappa shape index (κ1) is 15.7. The molecule has 0 amide bonds. The molecule has 0 aromatic heterocycles. The average Bonchev–Trinajstić information content (AvgIpc) is 2.38. The molecule has 0 spiro atoms. The lowest BCUT2D eigenvalue weighted by Crippen LogP contribution is -2.34. The smallest absolute Gasteiger partial charge is 0.122 e. The molecule has 2 N–H and O–H groups in total. The Morgan fingerprint density at radius 2 is 2.16 bits per heavy atom. The monoisotopic (exact) mass is 265 g/mol. The molecule has 1 aromatic rings. The summed E-state index contributed by atoms with van der Waals surface area (Å²) in [6.45, 7) is 5.07. The van der Waals surface area contributed by atoms with Gasteiger partial charge in [0.25, 0.3) is 0 Å². The molecule has 1 atom stereocenters. The van der Waals surface area contributed by atoms with Gasteiger partial charge in [0.05, 0.1) is 6.61 Å². The van der Waals surface area contributed by atoms with Crippen LogP contribution in [0.25, 0.3) is 0 Å². The number of ether oxygens (including phenoxy) is 1. The molecule has 0 saturated heterocycles. The minimum atomic E-state index is -0.576. The van der Waals surface area contributed by atoms with E-state index in [2.05, 4.69) is 6.58 Å². The van der Waals surface area contributed by atoms with E-state index < -0.39 is 6.10 Å². The van der Waals surface area contributed by atoms with Crippen molar-refractivity contribution in [1.82, 2.24) is 4.90 Å². The predicted molar refractivity (Wildman–Crippen MR) is 76.4 cm³/mol. The first-order valence-electron chi connectivity index (χ1n) is 6.46. The van der Waals surface area contributed by atoms with E-state index in [1.54, 1.807) is 0 Å². The number of hydrogen-bond donors (Lipinski definition) is 2. The second-order valence-corrected chi connectivity index (χ2v) is 4.55. The van der Waals surface area contributed by atoms with Crippen LogP contribution in [0.1, 0.15) is 5.56 Å². The van der Waals surface area contributed by atoms with Crippen molar-refractivity contribution in [2.75, 3.05) is 33.4 Å². The molecule has 0 aliphatic heterocycles. The van der Waals surface area contributed by atoms with Crippen LogP contribution in [0, 0.1) is 0 Å². The molecule has 0 saturated carbocycles. The fourth-order valence-corrected chi connectivity index (χ4v) is 1.83. The van der Waals surface area contributed by atoms with E-state index >= 15 is 0 Å². The van der Waals surface area contributed by atoms with E-state index in [0.717, 1.165) is 17.7 Å². The Kier molecular flexibility index (Phi) is 7.18. The maximum atomic E-state index is 9.86. The van der Waals surface area contributed by atoms with E-state index in [-0.39, 0.29) is 13.2 Å². The lowest BCUT2D eigenvalue weighted by atomic mass is 10.1. The van der Waals surface area contributed by atoms with Crippen LogP contribution >= 0.6 is 0 Å². The number of para-hydroxylation sites is 1. The van der Waals surface area contributed by atoms with Crippen LogP contribution in [-0.4, -0.2) is 54.6 Å². The maximum Gasteiger partial charge on any atom is 0.122 e. The zero-order chi connectivity index (χ0) is 14.1. The van der Waals surface area contributed by atoms with Crippen LogP contribution in [0.4, 0.5) is 0 Å². The number of benzene rings is 1. The summed E-state index contributed by atoms with van der Waals surface area (Å²) in [5.41, 5.74) is 1.06. The average molecular weight is 265 g/mol. The van der Waals surface area contributed by atoms with Gasteiger partial charge in [-0.25, -0.2) is 0 Å². The van der Waals surface area contributed by atoms with Gasteiger partial charge >= 0.3 is 0 Å². The summed E-state index contributed by atoms with van der Waals surface area (Å²) < 4.78 is 5.64. The normalized spacial score (nSPS) is 12.4. The van der Waals surface area contributed by atoms with Crippen LogP contribution in [0.5, 0.6) is 5.75 Å². The molecule has 1 aromatic carbocycles. The predicted octanol–water partition coefficient (Wildman–Crippen LogP) is 1.08. The summed E-state index contributed by atoms with van der Waals surface area (Å²) in [5, 5.41) is 18.6. The summed E-state index contributed by atoms with van der Waals surface area (Å²) in [7, 11) is 1.85. The summed E-state index contributed by atoms with van der Waals surface area (Å²) in [6.07, 6.45) is 2.00. The van der Waals surface area contributed by atoms with Crippen molar-refractivity contribution in [3.8, 4) is 5.75 Å². The number of aliphatic hydroxyl groups excluding tert-OH is 2. The largest absolute Gasteiger partial charge is 0.491 e. The number of rotatable bonds is 9. The Hall–Kier alpha value is -1.36. The van der Waals surface area contributed by atoms with E-state index in [4.69, 9.17) is 9.84 Å². The molecule has 1 rings (SSSR count). The van der Waals surface area contributed by atoms with Gasteiger partial charge in [-0.3, -0.25) is 0 Å². The Morgan fingerprint density at radius 3 is 2.84 bits per heavy atom. The Balaban J connectivity index is 2.45. The third-order valence-corrected chi connectivity index (χ3v) is 2.77. The zero-order valence-electron chi connectivity index (χ0n) is 11.5. The zero-order valence-corrected chi connectivity index (χ0v) is 11.5. The Morgan fingerprint density at radius 1 is 1.42 bits per heavy atom. The first-order valence-corrected chi connectivity index (χ1v) is 6.46. The highest BCUT2D eigenvalue weighted by Crippen LogP contribution is 2.18. The second kappa shape index (κ2) is 8.69. The molecule has 4 heteroatoms. The van der Waals surface area contributed by atoms with Crippen molar-refractivity contribution in [3.63, 3.8) is 0 Å². The van der Waals surface area contributed by atoms with Crippen molar-refractivity contribution in [1.29, 1.82) is 0 Å². The Labute approximate surface area is 114 Å². The first-order chi connectivity index (χ1) is 9.17. The van der Waals surface area contributed by atoms with Crippen LogP contribution in [-0.2, 0) is 6.42 Å². The van der Waals surface area contributed by atoms with E-state index in [1.165, 1.54) is 0 Å². The second-order valence-electron chi connectivity index (χ2n) is 4.55. The van der Waals surface area contributed by atoms with Gasteiger partial charge in [0, 0.05) is 13.1 Å². The molecular weight excluding hydrogens is 242 g/mol. The van der Waals surface area contributed by atoms with Crippen molar-refractivity contribution in [3.05, 3.63) is 42.5 Å². The number of aliphatic hydroxyl groups is 2. The van der Waals surface area contributed by atoms with Crippen molar-refractivity contribution >= 4 is 0 Å². The fraction of sp³-hybridized carbons (Fsp3) is 0.467. The molecule has 0 aliphatic rings. The third kappa shape index (κ3) is 5.87. The lowest BCUT2D eigenvalue weighted by Gasteiger charge is -2.20. The minimum Gasteiger partial charge on any atom is -0.491 e. The molecular formula is C15H23NO3. The topological polar surface area (TPSA) is 52.9 Å². The highest BCUT2D eigenvalue weighted by atomic mass is 16.5. The van der Waals surface area contributed by atoms with Gasteiger partial charge < -0.3 is 19.8 Å². The van der Waals surface area contributed by atoms with Gasteiger partial charge in [0.15, 0.2) is 0 Å². The molecule has 0 radical (unpaired) electrons. The van der Waals surface area contributed by atoms with Gasteiger partial charge in [-0.05, 0) is 25.1 Å². The standard InChI is InChI=1S/C15H23NO3/c1-3-6-13-7-4-5-8-15(13)19-12-14(18)11-16(2)9-10-17/h3-5,7-8,14,17-18H,1,6,9-12H2,2H3. The summed E-state index contributed by atoms with van der Waals surface area (Å²) in [5.74, 6) is 0.784. The van der Waals surface area contributed by atoms with Gasteiger partial charge in [0.2, 0.25) is 0 Å². The van der Waals surface area contributed by atoms with Crippen LogP contribution < -0.4 is 4.74 Å². The molecule has 0 heterocycles. The van der Waals surface area contributed by atoms with E-state index in [1.807, 2.05) is 42.3 Å².